The first kappa shape index (κ1) is 17.1. The Kier molecular flexibility index (Phi) is 11.7. The van der Waals surface area contributed by atoms with Crippen molar-refractivity contribution in [1.82, 2.24) is 4.90 Å². The molecule has 92 valence electrons. The van der Waals surface area contributed by atoms with E-state index in [9.17, 15) is 4.79 Å². The Hall–Kier alpha value is -0.280. The van der Waals surface area contributed by atoms with Crippen LogP contribution in [0.15, 0.2) is 0 Å². The molecule has 0 bridgehead atoms. The van der Waals surface area contributed by atoms with Crippen LogP contribution >= 0.6 is 12.4 Å². The van der Waals surface area contributed by atoms with E-state index in [1.807, 2.05) is 0 Å². The van der Waals surface area contributed by atoms with E-state index in [-0.39, 0.29) is 12.4 Å². The van der Waals surface area contributed by atoms with Crippen molar-refractivity contribution < 1.29 is 9.90 Å². The number of hydrogen-bond acceptors (Lipinski definition) is 2. The van der Waals surface area contributed by atoms with Gasteiger partial charge in [0.15, 0.2) is 0 Å². The second kappa shape index (κ2) is 10.2. The van der Waals surface area contributed by atoms with E-state index in [0.29, 0.717) is 12.3 Å². The molecule has 0 aliphatic rings. The lowest BCUT2D eigenvalue weighted by molar-refractivity contribution is -0.137. The van der Waals surface area contributed by atoms with Gasteiger partial charge in [-0.05, 0) is 31.8 Å². The minimum atomic E-state index is -0.683. The number of rotatable bonds is 8. The van der Waals surface area contributed by atoms with E-state index in [1.54, 1.807) is 0 Å². The zero-order chi connectivity index (χ0) is 11.0. The first-order chi connectivity index (χ1) is 6.56. The summed E-state index contributed by atoms with van der Waals surface area (Å²) in [6.45, 7) is 9.77. The Balaban J connectivity index is 0. The Morgan fingerprint density at radius 2 is 1.93 bits per heavy atom. The first-order valence-electron chi connectivity index (χ1n) is 5.50. The van der Waals surface area contributed by atoms with Crippen LogP contribution in [0.5, 0.6) is 0 Å². The summed E-state index contributed by atoms with van der Waals surface area (Å²) >= 11 is 0. The van der Waals surface area contributed by atoms with Gasteiger partial charge in [-0.1, -0.05) is 20.8 Å². The van der Waals surface area contributed by atoms with Gasteiger partial charge < -0.3 is 10.0 Å². The second-order valence-corrected chi connectivity index (χ2v) is 4.14. The van der Waals surface area contributed by atoms with E-state index in [0.717, 1.165) is 32.5 Å². The monoisotopic (exact) mass is 237 g/mol. The number of unbranched alkanes of at least 4 members (excludes halogenated alkanes) is 1. The Morgan fingerprint density at radius 1 is 1.33 bits per heavy atom. The number of hydrogen-bond donors (Lipinski definition) is 1. The molecule has 0 rings (SSSR count). The van der Waals surface area contributed by atoms with E-state index in [4.69, 9.17) is 5.11 Å². The molecule has 1 N–H and O–H groups in total. The van der Waals surface area contributed by atoms with Gasteiger partial charge >= 0.3 is 5.97 Å². The smallest absolute Gasteiger partial charge is 0.303 e. The minimum absolute atomic E-state index is 0. The third kappa shape index (κ3) is 11.6. The summed E-state index contributed by atoms with van der Waals surface area (Å²) in [5, 5.41) is 8.47. The number of carboxylic acids is 1. The number of carbonyl (C=O) groups is 1. The second-order valence-electron chi connectivity index (χ2n) is 4.14. The molecule has 0 heterocycles. The predicted octanol–water partition coefficient (Wildman–Crippen LogP) is 2.64. The summed E-state index contributed by atoms with van der Waals surface area (Å²) in [5.74, 6) is 0.00586. The minimum Gasteiger partial charge on any atom is -0.481 e. The summed E-state index contributed by atoms with van der Waals surface area (Å²) in [5.41, 5.74) is 0. The molecule has 0 saturated heterocycles. The molecule has 0 aromatic rings. The van der Waals surface area contributed by atoms with E-state index >= 15 is 0 Å². The highest BCUT2D eigenvalue weighted by molar-refractivity contribution is 5.85. The third-order valence-corrected chi connectivity index (χ3v) is 2.19. The fraction of sp³-hybridized carbons (Fsp3) is 0.909. The SMILES string of the molecule is CCN(CCCCC(=O)O)CC(C)C.Cl. The molecule has 3 nitrogen and oxygen atoms in total. The average molecular weight is 238 g/mol. The highest BCUT2D eigenvalue weighted by Gasteiger charge is 2.04. The van der Waals surface area contributed by atoms with Crippen molar-refractivity contribution in [2.45, 2.75) is 40.0 Å². The zero-order valence-electron chi connectivity index (χ0n) is 10.0. The third-order valence-electron chi connectivity index (χ3n) is 2.19. The van der Waals surface area contributed by atoms with Crippen LogP contribution < -0.4 is 0 Å². The highest BCUT2D eigenvalue weighted by atomic mass is 35.5. The molecule has 0 aromatic carbocycles. The number of nitrogens with zero attached hydrogens (tertiary/aromatic N) is 1. The van der Waals surface area contributed by atoms with Gasteiger partial charge in [0.2, 0.25) is 0 Å². The van der Waals surface area contributed by atoms with Crippen molar-refractivity contribution >= 4 is 18.4 Å². The van der Waals surface area contributed by atoms with Crippen LogP contribution in [0.3, 0.4) is 0 Å². The molecule has 0 saturated carbocycles. The van der Waals surface area contributed by atoms with Gasteiger partial charge in [-0.3, -0.25) is 4.79 Å². The summed E-state index contributed by atoms with van der Waals surface area (Å²) in [6, 6.07) is 0. The molecule has 0 aliphatic carbocycles. The summed E-state index contributed by atoms with van der Waals surface area (Å²) in [6.07, 6.45) is 2.09. The maximum atomic E-state index is 10.3. The van der Waals surface area contributed by atoms with E-state index in [1.165, 1.54) is 0 Å². The van der Waals surface area contributed by atoms with Crippen molar-refractivity contribution in [3.63, 3.8) is 0 Å². The molecule has 0 aliphatic heterocycles. The quantitative estimate of drug-likeness (QED) is 0.660. The molecule has 0 unspecified atom stereocenters. The maximum absolute atomic E-state index is 10.3. The summed E-state index contributed by atoms with van der Waals surface area (Å²) in [7, 11) is 0. The van der Waals surface area contributed by atoms with Crippen LogP contribution in [0.1, 0.15) is 40.0 Å². The fourth-order valence-corrected chi connectivity index (χ4v) is 1.51. The van der Waals surface area contributed by atoms with Gasteiger partial charge in [0, 0.05) is 13.0 Å². The molecule has 0 spiro atoms. The topological polar surface area (TPSA) is 40.5 Å². The zero-order valence-corrected chi connectivity index (χ0v) is 10.8. The normalized spacial score (nSPS) is 10.5. The highest BCUT2D eigenvalue weighted by Crippen LogP contribution is 2.02. The fourth-order valence-electron chi connectivity index (χ4n) is 1.51. The van der Waals surface area contributed by atoms with Crippen molar-refractivity contribution in [2.75, 3.05) is 19.6 Å². The van der Waals surface area contributed by atoms with Crippen molar-refractivity contribution in [1.29, 1.82) is 0 Å². The van der Waals surface area contributed by atoms with Gasteiger partial charge in [-0.15, -0.1) is 12.4 Å². The van der Waals surface area contributed by atoms with Gasteiger partial charge in [-0.25, -0.2) is 0 Å². The first-order valence-corrected chi connectivity index (χ1v) is 5.50. The van der Waals surface area contributed by atoms with Crippen molar-refractivity contribution in [3.05, 3.63) is 0 Å². The predicted molar refractivity (Wildman–Crippen MR) is 65.7 cm³/mol. The van der Waals surface area contributed by atoms with E-state index in [2.05, 4.69) is 25.7 Å². The lowest BCUT2D eigenvalue weighted by Crippen LogP contribution is -2.28. The molecule has 0 fully saturated rings. The molecule has 0 radical (unpaired) electrons. The van der Waals surface area contributed by atoms with Crippen LogP contribution in [0, 0.1) is 5.92 Å². The molecule has 15 heavy (non-hydrogen) atoms. The van der Waals surface area contributed by atoms with Gasteiger partial charge in [-0.2, -0.15) is 0 Å². The van der Waals surface area contributed by atoms with Crippen LogP contribution in [0.2, 0.25) is 0 Å². The Labute approximate surface area is 99.3 Å². The van der Waals surface area contributed by atoms with Crippen molar-refractivity contribution in [2.24, 2.45) is 5.92 Å². The standard InChI is InChI=1S/C11H23NO2.ClH/c1-4-12(9-10(2)3)8-6-5-7-11(13)14;/h10H,4-9H2,1-3H3,(H,13,14);1H. The summed E-state index contributed by atoms with van der Waals surface area (Å²) < 4.78 is 0. The Bertz CT molecular complexity index is 163. The van der Waals surface area contributed by atoms with Gasteiger partial charge in [0.05, 0.1) is 0 Å². The summed E-state index contributed by atoms with van der Waals surface area (Å²) in [4.78, 5) is 12.7. The maximum Gasteiger partial charge on any atom is 0.303 e. The lowest BCUT2D eigenvalue weighted by atomic mass is 10.2. The molecule has 0 aromatic heterocycles. The molecule has 0 amide bonds. The van der Waals surface area contributed by atoms with E-state index < -0.39 is 5.97 Å². The van der Waals surface area contributed by atoms with Crippen LogP contribution in [0.25, 0.3) is 0 Å². The Morgan fingerprint density at radius 3 is 2.33 bits per heavy atom. The number of carboxylic acid groups (broad SMARTS) is 1. The molecular weight excluding hydrogens is 214 g/mol. The number of halogens is 1. The van der Waals surface area contributed by atoms with Crippen LogP contribution in [-0.4, -0.2) is 35.6 Å². The van der Waals surface area contributed by atoms with Gasteiger partial charge in [0.1, 0.15) is 0 Å². The lowest BCUT2D eigenvalue weighted by Gasteiger charge is -2.22. The average Bonchev–Trinajstić information content (AvgIpc) is 2.09. The number of aliphatic carboxylic acids is 1. The molecule has 4 heteroatoms. The van der Waals surface area contributed by atoms with Crippen molar-refractivity contribution in [3.8, 4) is 0 Å². The molecular formula is C11H24ClNO2. The largest absolute Gasteiger partial charge is 0.481 e. The molecule has 0 atom stereocenters. The van der Waals surface area contributed by atoms with Crippen LogP contribution in [-0.2, 0) is 4.79 Å². The van der Waals surface area contributed by atoms with Gasteiger partial charge in [0.25, 0.3) is 0 Å². The van der Waals surface area contributed by atoms with Crippen LogP contribution in [0.4, 0.5) is 0 Å².